The van der Waals surface area contributed by atoms with Crippen LogP contribution in [0.2, 0.25) is 0 Å². The Balaban J connectivity index is 2.86. The molecule has 2 rings (SSSR count). The summed E-state index contributed by atoms with van der Waals surface area (Å²) in [6, 6.07) is 1.27. The van der Waals surface area contributed by atoms with Gasteiger partial charge in [-0.2, -0.15) is 0 Å². The summed E-state index contributed by atoms with van der Waals surface area (Å²) in [5, 5.41) is 5.10. The first-order valence-electron chi connectivity index (χ1n) is 3.21. The number of fused-ring (bicyclic) bond motifs is 1. The van der Waals surface area contributed by atoms with Crippen LogP contribution in [0, 0.1) is 18.6 Å². The third-order valence-electron chi connectivity index (χ3n) is 1.77. The van der Waals surface area contributed by atoms with Gasteiger partial charge < -0.3 is 0 Å². The lowest BCUT2D eigenvalue weighted by molar-refractivity contribution is 0.571. The van der Waals surface area contributed by atoms with E-state index in [4.69, 9.17) is 0 Å². The van der Waals surface area contributed by atoms with Gasteiger partial charge in [-0.25, -0.2) is 8.78 Å². The topological polar surface area (TPSA) is 31.6 Å². The summed E-state index contributed by atoms with van der Waals surface area (Å²) in [7, 11) is 0. The van der Waals surface area contributed by atoms with Gasteiger partial charge in [0.25, 0.3) is 0 Å². The molecule has 2 N–H and O–H groups in total. The fraction of sp³-hybridized carbons (Fsp3) is 0.143. The average Bonchev–Trinajstić information content (AvgIpc) is 1.93. The highest BCUT2D eigenvalue weighted by atomic mass is 19.1. The number of hydrogen-bond donors (Lipinski definition) is 2. The lowest BCUT2D eigenvalue weighted by Crippen LogP contribution is -1.99. The van der Waals surface area contributed by atoms with Gasteiger partial charge in [-0.3, -0.25) is 10.2 Å². The predicted octanol–water partition coefficient (Wildman–Crippen LogP) is 2.08. The van der Waals surface area contributed by atoms with Crippen molar-refractivity contribution in [2.24, 2.45) is 0 Å². The second-order valence-electron chi connectivity index (χ2n) is 2.47. The molecule has 0 saturated carbocycles. The van der Waals surface area contributed by atoms with Crippen LogP contribution in [0.1, 0.15) is 5.56 Å². The lowest BCUT2D eigenvalue weighted by atomic mass is 10.2. The van der Waals surface area contributed by atoms with Gasteiger partial charge in [0.15, 0.2) is 5.82 Å². The molecular formula is C7H6F2N2. The Hall–Kier alpha value is -1.32. The minimum atomic E-state index is -0.518. The van der Waals surface area contributed by atoms with E-state index in [2.05, 4.69) is 10.2 Å². The summed E-state index contributed by atoms with van der Waals surface area (Å²) >= 11 is 0. The molecule has 0 radical (unpaired) electrons. The Bertz CT molecular complexity index is 400. The molecule has 1 aromatic heterocycles. The molecule has 58 valence electrons. The maximum Gasteiger partial charge on any atom is 0.156 e. The maximum atomic E-state index is 13.0. The molecule has 0 aliphatic carbocycles. The van der Waals surface area contributed by atoms with Crippen LogP contribution in [0.4, 0.5) is 8.78 Å². The van der Waals surface area contributed by atoms with Crippen LogP contribution in [0.25, 0.3) is 11.0 Å². The zero-order valence-corrected chi connectivity index (χ0v) is 5.83. The monoisotopic (exact) mass is 156 g/mol. The van der Waals surface area contributed by atoms with E-state index in [0.717, 1.165) is 0 Å². The van der Waals surface area contributed by atoms with Crippen molar-refractivity contribution in [2.75, 3.05) is 0 Å². The number of rotatable bonds is 0. The van der Waals surface area contributed by atoms with E-state index in [1.165, 1.54) is 13.0 Å². The van der Waals surface area contributed by atoms with Gasteiger partial charge >= 0.3 is 0 Å². The molecule has 0 unspecified atom stereocenters. The molecule has 0 aliphatic rings. The van der Waals surface area contributed by atoms with Crippen LogP contribution in [0.15, 0.2) is 6.07 Å². The molecule has 0 aliphatic heterocycles. The maximum absolute atomic E-state index is 13.0. The minimum absolute atomic E-state index is 0.0535. The van der Waals surface area contributed by atoms with Crippen molar-refractivity contribution < 1.29 is 8.78 Å². The average molecular weight is 156 g/mol. The molecule has 0 atom stereocenters. The summed E-state index contributed by atoms with van der Waals surface area (Å²) in [6.45, 7) is 1.41. The second kappa shape index (κ2) is 1.84. The van der Waals surface area contributed by atoms with Crippen molar-refractivity contribution in [3.63, 3.8) is 0 Å². The number of aromatic amines is 2. The third-order valence-corrected chi connectivity index (χ3v) is 1.77. The second-order valence-corrected chi connectivity index (χ2v) is 2.47. The van der Waals surface area contributed by atoms with Gasteiger partial charge in [0.2, 0.25) is 0 Å². The fourth-order valence-corrected chi connectivity index (χ4v) is 1.01. The number of benzene rings is 1. The molecule has 0 saturated heterocycles. The number of hydrogen-bond acceptors (Lipinski definition) is 0. The number of H-pyrrole nitrogens is 2. The highest BCUT2D eigenvalue weighted by molar-refractivity contribution is 5.77. The van der Waals surface area contributed by atoms with Gasteiger partial charge in [-0.1, -0.05) is 0 Å². The first-order valence-corrected chi connectivity index (χ1v) is 3.21. The van der Waals surface area contributed by atoms with Gasteiger partial charge in [0, 0.05) is 11.6 Å². The largest absolute Gasteiger partial charge is 0.298 e. The van der Waals surface area contributed by atoms with Crippen molar-refractivity contribution in [1.82, 2.24) is 10.2 Å². The number of nitrogens with one attached hydrogen (secondary N) is 2. The molecule has 4 heteroatoms. The number of halogens is 2. The molecule has 0 spiro atoms. The van der Waals surface area contributed by atoms with Crippen LogP contribution in [-0.4, -0.2) is 10.2 Å². The van der Waals surface area contributed by atoms with Crippen molar-refractivity contribution >= 4 is 11.0 Å². The SMILES string of the molecule is Cc1c(F)cc2[nH][nH]c2c1F. The zero-order chi connectivity index (χ0) is 8.01. The van der Waals surface area contributed by atoms with Crippen molar-refractivity contribution in [3.8, 4) is 0 Å². The van der Waals surface area contributed by atoms with Crippen LogP contribution in [-0.2, 0) is 0 Å². The first-order chi connectivity index (χ1) is 5.20. The van der Waals surface area contributed by atoms with Gasteiger partial charge in [0.1, 0.15) is 11.3 Å². The van der Waals surface area contributed by atoms with Crippen LogP contribution >= 0.6 is 0 Å². The highest BCUT2D eigenvalue weighted by Gasteiger charge is 2.11. The Kier molecular flexibility index (Phi) is 1.07. The first kappa shape index (κ1) is 6.39. The molecule has 2 nitrogen and oxygen atoms in total. The van der Waals surface area contributed by atoms with Gasteiger partial charge in [-0.15, -0.1) is 0 Å². The van der Waals surface area contributed by atoms with Crippen molar-refractivity contribution in [3.05, 3.63) is 23.3 Å². The Morgan fingerprint density at radius 3 is 2.55 bits per heavy atom. The molecule has 11 heavy (non-hydrogen) atoms. The predicted molar refractivity (Wildman–Crippen MR) is 37.3 cm³/mol. The Morgan fingerprint density at radius 2 is 2.00 bits per heavy atom. The van der Waals surface area contributed by atoms with E-state index in [9.17, 15) is 8.78 Å². The molecule has 1 aromatic carbocycles. The van der Waals surface area contributed by atoms with Gasteiger partial charge in [-0.05, 0) is 6.92 Å². The van der Waals surface area contributed by atoms with E-state index in [-0.39, 0.29) is 5.56 Å². The summed E-state index contributed by atoms with van der Waals surface area (Å²) in [5.41, 5.74) is 0.882. The summed E-state index contributed by atoms with van der Waals surface area (Å²) < 4.78 is 25.7. The third kappa shape index (κ3) is 0.691. The highest BCUT2D eigenvalue weighted by Crippen LogP contribution is 2.20. The molecule has 0 bridgehead atoms. The summed E-state index contributed by atoms with van der Waals surface area (Å²) in [4.78, 5) is 0. The molecular weight excluding hydrogens is 150 g/mol. The van der Waals surface area contributed by atoms with Crippen molar-refractivity contribution in [2.45, 2.75) is 6.92 Å². The van der Waals surface area contributed by atoms with Crippen LogP contribution < -0.4 is 0 Å². The van der Waals surface area contributed by atoms with E-state index in [1.807, 2.05) is 0 Å². The smallest absolute Gasteiger partial charge is 0.156 e. The standard InChI is InChI=1S/C7H6F2N2/c1-3-4(8)2-5-7(6(3)9)11-10-5/h2,10-11H,1H3. The van der Waals surface area contributed by atoms with E-state index < -0.39 is 11.6 Å². The Labute approximate surface area is 61.2 Å². The lowest BCUT2D eigenvalue weighted by Gasteiger charge is -2.06. The molecule has 0 fully saturated rings. The summed E-state index contributed by atoms with van der Waals surface area (Å²) in [6.07, 6.45) is 0. The van der Waals surface area contributed by atoms with Gasteiger partial charge in [0.05, 0.1) is 5.52 Å². The summed E-state index contributed by atoms with van der Waals surface area (Å²) in [5.74, 6) is -1.03. The number of aromatic nitrogens is 2. The van der Waals surface area contributed by atoms with E-state index in [0.29, 0.717) is 11.0 Å². The van der Waals surface area contributed by atoms with Crippen LogP contribution in [0.5, 0.6) is 0 Å². The normalized spacial score (nSPS) is 11.2. The zero-order valence-electron chi connectivity index (χ0n) is 5.83. The van der Waals surface area contributed by atoms with Crippen molar-refractivity contribution in [1.29, 1.82) is 0 Å². The minimum Gasteiger partial charge on any atom is -0.298 e. The van der Waals surface area contributed by atoms with Crippen LogP contribution in [0.3, 0.4) is 0 Å². The fourth-order valence-electron chi connectivity index (χ4n) is 1.01. The quantitative estimate of drug-likeness (QED) is 0.585. The molecule has 1 heterocycles. The molecule has 0 amide bonds. The molecule has 2 aromatic rings. The van der Waals surface area contributed by atoms with E-state index >= 15 is 0 Å². The Morgan fingerprint density at radius 1 is 1.27 bits per heavy atom. The van der Waals surface area contributed by atoms with E-state index in [1.54, 1.807) is 0 Å².